The maximum absolute atomic E-state index is 12.1. The Morgan fingerprint density at radius 3 is 2.83 bits per heavy atom. The van der Waals surface area contributed by atoms with Gasteiger partial charge in [-0.25, -0.2) is 0 Å². The topological polar surface area (TPSA) is 48.1 Å². The molecule has 0 radical (unpaired) electrons. The van der Waals surface area contributed by atoms with E-state index >= 15 is 0 Å². The average molecular weight is 419 g/mol. The Labute approximate surface area is 153 Å². The fourth-order valence-electron chi connectivity index (χ4n) is 3.11. The van der Waals surface area contributed by atoms with Crippen LogP contribution in [0.25, 0.3) is 10.9 Å². The normalized spacial score (nSPS) is 18.2. The van der Waals surface area contributed by atoms with Crippen molar-refractivity contribution in [1.29, 1.82) is 0 Å². The van der Waals surface area contributed by atoms with Crippen LogP contribution in [0.2, 0.25) is 10.0 Å². The minimum absolute atomic E-state index is 0.0393. The van der Waals surface area contributed by atoms with E-state index in [2.05, 4.69) is 45.2 Å². The maximum Gasteiger partial charge on any atom is 0.224 e. The molecule has 7 heteroatoms. The first-order chi connectivity index (χ1) is 10.9. The highest BCUT2D eigenvalue weighted by molar-refractivity contribution is 9.10. The molecule has 1 unspecified atom stereocenters. The third kappa shape index (κ3) is 3.25. The summed E-state index contributed by atoms with van der Waals surface area (Å²) in [6.07, 6.45) is 1.31. The molecule has 0 saturated heterocycles. The van der Waals surface area contributed by atoms with Gasteiger partial charge in [-0.05, 0) is 38.7 Å². The molecular formula is C16H18BrCl2N3O. The number of amides is 1. The summed E-state index contributed by atoms with van der Waals surface area (Å²) in [5.74, 6) is 0.269. The molecule has 2 aromatic rings. The lowest BCUT2D eigenvalue weighted by atomic mass is 9.97. The predicted molar refractivity (Wildman–Crippen MR) is 98.6 cm³/mol. The monoisotopic (exact) mass is 417 g/mol. The van der Waals surface area contributed by atoms with E-state index in [0.29, 0.717) is 23.0 Å². The number of rotatable bonds is 3. The molecule has 1 aliphatic heterocycles. The molecular weight excluding hydrogens is 401 g/mol. The molecule has 0 bridgehead atoms. The Kier molecular flexibility index (Phi) is 4.93. The molecule has 0 saturated carbocycles. The van der Waals surface area contributed by atoms with Crippen molar-refractivity contribution < 1.29 is 4.79 Å². The molecule has 2 N–H and O–H groups in total. The molecule has 4 nitrogen and oxygen atoms in total. The number of aromatic amines is 1. The molecule has 0 aliphatic carbocycles. The molecule has 0 spiro atoms. The molecule has 1 aromatic carbocycles. The van der Waals surface area contributed by atoms with E-state index in [0.717, 1.165) is 39.6 Å². The first-order valence-electron chi connectivity index (χ1n) is 7.47. The van der Waals surface area contributed by atoms with Gasteiger partial charge in [-0.1, -0.05) is 39.1 Å². The maximum atomic E-state index is 12.1. The van der Waals surface area contributed by atoms with Crippen LogP contribution in [0.15, 0.2) is 10.5 Å². The van der Waals surface area contributed by atoms with Crippen LogP contribution in [-0.2, 0) is 11.2 Å². The summed E-state index contributed by atoms with van der Waals surface area (Å²) in [6.45, 7) is 1.58. The number of carbonyl (C=O) groups excluding carboxylic acids is 1. The van der Waals surface area contributed by atoms with Crippen LogP contribution in [0.1, 0.15) is 23.6 Å². The summed E-state index contributed by atoms with van der Waals surface area (Å²) in [5, 5.41) is 4.97. The zero-order chi connectivity index (χ0) is 16.7. The van der Waals surface area contributed by atoms with Crippen LogP contribution in [0.5, 0.6) is 0 Å². The Hall–Kier alpha value is -0.750. The van der Waals surface area contributed by atoms with E-state index in [1.807, 2.05) is 0 Å². The number of nitrogens with zero attached hydrogens (tertiary/aromatic N) is 1. The molecule has 23 heavy (non-hydrogen) atoms. The van der Waals surface area contributed by atoms with Crippen molar-refractivity contribution in [3.8, 4) is 0 Å². The zero-order valence-electron chi connectivity index (χ0n) is 13.0. The minimum atomic E-state index is 0.0393. The fourth-order valence-corrected chi connectivity index (χ4v) is 4.31. The third-order valence-corrected chi connectivity index (χ3v) is 5.69. The standard InChI is InChI=1S/C16H18BrCl2N3O/c1-22(2)4-3-8-7-20-12(23)5-9-13-10(17)6-11(18)14(19)16(13)21-15(8)9/h6,8,21H,3-5,7H2,1-2H3,(H,20,23). The van der Waals surface area contributed by atoms with E-state index < -0.39 is 0 Å². The van der Waals surface area contributed by atoms with E-state index in [1.54, 1.807) is 6.07 Å². The van der Waals surface area contributed by atoms with E-state index in [1.165, 1.54) is 0 Å². The number of carbonyl (C=O) groups is 1. The summed E-state index contributed by atoms with van der Waals surface area (Å²) in [7, 11) is 4.10. The molecule has 3 rings (SSSR count). The molecule has 1 atom stereocenters. The molecule has 1 amide bonds. The number of benzene rings is 1. The second-order valence-corrected chi connectivity index (χ2v) is 7.83. The van der Waals surface area contributed by atoms with Gasteiger partial charge in [-0.3, -0.25) is 4.79 Å². The SMILES string of the molecule is CN(C)CCC1CNC(=O)Cc2c1[nH]c1c(Cl)c(Cl)cc(Br)c21. The van der Waals surface area contributed by atoms with E-state index in [4.69, 9.17) is 23.2 Å². The van der Waals surface area contributed by atoms with E-state index in [9.17, 15) is 4.79 Å². The summed E-state index contributed by atoms with van der Waals surface area (Å²) >= 11 is 16.1. The van der Waals surface area contributed by atoms with Crippen molar-refractivity contribution in [1.82, 2.24) is 15.2 Å². The fraction of sp³-hybridized carbons (Fsp3) is 0.438. The van der Waals surface area contributed by atoms with Crippen LogP contribution in [0.3, 0.4) is 0 Å². The summed E-state index contributed by atoms with van der Waals surface area (Å²) in [4.78, 5) is 17.7. The van der Waals surface area contributed by atoms with Crippen molar-refractivity contribution in [2.75, 3.05) is 27.2 Å². The molecule has 1 aliphatic rings. The Balaban J connectivity index is 2.16. The molecule has 124 valence electrons. The lowest BCUT2D eigenvalue weighted by molar-refractivity contribution is -0.120. The lowest BCUT2D eigenvalue weighted by Crippen LogP contribution is -2.28. The quantitative estimate of drug-likeness (QED) is 0.741. The van der Waals surface area contributed by atoms with Gasteiger partial charge in [-0.15, -0.1) is 0 Å². The van der Waals surface area contributed by atoms with Gasteiger partial charge >= 0.3 is 0 Å². The Morgan fingerprint density at radius 2 is 2.13 bits per heavy atom. The van der Waals surface area contributed by atoms with Gasteiger partial charge in [0.15, 0.2) is 0 Å². The first-order valence-corrected chi connectivity index (χ1v) is 9.02. The number of halogens is 3. The second kappa shape index (κ2) is 6.63. The lowest BCUT2D eigenvalue weighted by Gasteiger charge is -2.17. The van der Waals surface area contributed by atoms with Crippen LogP contribution in [0, 0.1) is 0 Å². The van der Waals surface area contributed by atoms with Crippen molar-refractivity contribution >= 4 is 55.9 Å². The van der Waals surface area contributed by atoms with Gasteiger partial charge in [-0.2, -0.15) is 0 Å². The first kappa shape index (κ1) is 17.1. The molecule has 0 fully saturated rings. The van der Waals surface area contributed by atoms with E-state index in [-0.39, 0.29) is 11.8 Å². The second-order valence-electron chi connectivity index (χ2n) is 6.19. The highest BCUT2D eigenvalue weighted by atomic mass is 79.9. The highest BCUT2D eigenvalue weighted by Crippen LogP contribution is 2.41. The number of hydrogen-bond acceptors (Lipinski definition) is 2. The third-order valence-electron chi connectivity index (χ3n) is 4.27. The number of fused-ring (bicyclic) bond motifs is 3. The highest BCUT2D eigenvalue weighted by Gasteiger charge is 2.28. The van der Waals surface area contributed by atoms with Gasteiger partial charge in [0.2, 0.25) is 5.91 Å². The van der Waals surface area contributed by atoms with Gasteiger partial charge < -0.3 is 15.2 Å². The Morgan fingerprint density at radius 1 is 1.39 bits per heavy atom. The van der Waals surface area contributed by atoms with Gasteiger partial charge in [0.05, 0.1) is 22.0 Å². The van der Waals surface area contributed by atoms with Gasteiger partial charge in [0.1, 0.15) is 0 Å². The molecule has 2 heterocycles. The van der Waals surface area contributed by atoms with Crippen molar-refractivity contribution in [2.45, 2.75) is 18.8 Å². The number of hydrogen-bond donors (Lipinski definition) is 2. The van der Waals surface area contributed by atoms with Crippen LogP contribution in [-0.4, -0.2) is 43.0 Å². The van der Waals surface area contributed by atoms with Gasteiger partial charge in [0.25, 0.3) is 0 Å². The van der Waals surface area contributed by atoms with Crippen molar-refractivity contribution in [2.24, 2.45) is 0 Å². The Bertz CT molecular complexity index is 773. The van der Waals surface area contributed by atoms with Crippen LogP contribution in [0.4, 0.5) is 0 Å². The summed E-state index contributed by atoms with van der Waals surface area (Å²) in [6, 6.07) is 1.79. The summed E-state index contributed by atoms with van der Waals surface area (Å²) in [5.41, 5.74) is 2.91. The smallest absolute Gasteiger partial charge is 0.224 e. The van der Waals surface area contributed by atoms with Gasteiger partial charge in [0, 0.05) is 28.0 Å². The van der Waals surface area contributed by atoms with Crippen LogP contribution >= 0.6 is 39.1 Å². The van der Waals surface area contributed by atoms with Crippen LogP contribution < -0.4 is 5.32 Å². The predicted octanol–water partition coefficient (Wildman–Crippen LogP) is 3.94. The molecule has 1 aromatic heterocycles. The van der Waals surface area contributed by atoms with Crippen molar-refractivity contribution in [3.63, 3.8) is 0 Å². The largest absolute Gasteiger partial charge is 0.357 e. The zero-order valence-corrected chi connectivity index (χ0v) is 16.1. The van der Waals surface area contributed by atoms with Crippen molar-refractivity contribution in [3.05, 3.63) is 31.8 Å². The average Bonchev–Trinajstić information content (AvgIpc) is 2.77. The summed E-state index contributed by atoms with van der Waals surface area (Å²) < 4.78 is 0.862. The number of nitrogens with one attached hydrogen (secondary N) is 2. The number of aromatic nitrogens is 1. The number of H-pyrrole nitrogens is 1. The minimum Gasteiger partial charge on any atom is -0.357 e.